The zero-order chi connectivity index (χ0) is 18.7. The summed E-state index contributed by atoms with van der Waals surface area (Å²) in [7, 11) is 0. The van der Waals surface area contributed by atoms with E-state index < -0.39 is 0 Å². The van der Waals surface area contributed by atoms with Crippen molar-refractivity contribution in [3.8, 4) is 5.75 Å². The minimum absolute atomic E-state index is 0.0784. The fourth-order valence-corrected chi connectivity index (χ4v) is 4.23. The van der Waals surface area contributed by atoms with Crippen molar-refractivity contribution in [3.63, 3.8) is 0 Å². The number of fused-ring (bicyclic) bond motifs is 1. The van der Waals surface area contributed by atoms with Gasteiger partial charge in [0.05, 0.1) is 4.47 Å². The maximum atomic E-state index is 12.2. The fraction of sp³-hybridized carbons (Fsp3) is 0.368. The molecule has 1 saturated heterocycles. The molecule has 0 unspecified atom stereocenters. The molecule has 0 radical (unpaired) electrons. The maximum absolute atomic E-state index is 12.2. The average molecular weight is 500 g/mol. The van der Waals surface area contributed by atoms with Gasteiger partial charge in [0.15, 0.2) is 11.7 Å². The number of benzene rings is 2. The third-order valence-electron chi connectivity index (χ3n) is 4.56. The summed E-state index contributed by atoms with van der Waals surface area (Å²) in [6, 6.07) is 9.84. The number of likely N-dealkylation sites (tertiary alicyclic amines) is 1. The predicted molar refractivity (Wildman–Crippen MR) is 116 cm³/mol. The summed E-state index contributed by atoms with van der Waals surface area (Å²) in [4.78, 5) is 14.2. The van der Waals surface area contributed by atoms with Crippen LogP contribution in [0.2, 0.25) is 0 Å². The first-order chi connectivity index (χ1) is 12.4. The zero-order valence-corrected chi connectivity index (χ0v) is 18.4. The van der Waals surface area contributed by atoms with E-state index in [0.717, 1.165) is 51.6 Å². The van der Waals surface area contributed by atoms with E-state index in [-0.39, 0.29) is 12.5 Å². The van der Waals surface area contributed by atoms with Crippen LogP contribution >= 0.6 is 44.1 Å². The quantitative estimate of drug-likeness (QED) is 0.611. The van der Waals surface area contributed by atoms with Gasteiger partial charge in [-0.3, -0.25) is 4.79 Å². The Bertz CT molecular complexity index is 836. The summed E-state index contributed by atoms with van der Waals surface area (Å²) in [6.45, 7) is 3.96. The molecule has 1 N–H and O–H groups in total. The van der Waals surface area contributed by atoms with Crippen LogP contribution in [0.4, 0.5) is 0 Å². The van der Waals surface area contributed by atoms with Crippen LogP contribution in [-0.4, -0.2) is 35.6 Å². The number of nitrogens with one attached hydrogen (secondary N) is 1. The van der Waals surface area contributed by atoms with Crippen molar-refractivity contribution < 1.29 is 9.53 Å². The molecule has 0 spiro atoms. The number of ether oxygens (including phenoxy) is 1. The number of halogens is 2. The molecule has 26 heavy (non-hydrogen) atoms. The van der Waals surface area contributed by atoms with Gasteiger partial charge in [0, 0.05) is 17.6 Å². The van der Waals surface area contributed by atoms with Crippen LogP contribution < -0.4 is 10.1 Å². The smallest absolute Gasteiger partial charge is 0.264 e. The topological polar surface area (TPSA) is 41.6 Å². The summed E-state index contributed by atoms with van der Waals surface area (Å²) < 4.78 is 7.55. The average Bonchev–Trinajstić information content (AvgIpc) is 2.61. The van der Waals surface area contributed by atoms with Crippen molar-refractivity contribution in [1.82, 2.24) is 10.2 Å². The van der Waals surface area contributed by atoms with Crippen LogP contribution in [-0.2, 0) is 4.79 Å². The lowest BCUT2D eigenvalue weighted by Crippen LogP contribution is -2.47. The number of amides is 1. The lowest BCUT2D eigenvalue weighted by Gasteiger charge is -2.32. The van der Waals surface area contributed by atoms with Crippen molar-refractivity contribution >= 4 is 65.9 Å². The molecule has 0 aromatic heterocycles. The number of piperidine rings is 1. The molecule has 2 aromatic carbocycles. The van der Waals surface area contributed by atoms with Crippen LogP contribution in [0, 0.1) is 5.92 Å². The van der Waals surface area contributed by atoms with Crippen molar-refractivity contribution in [2.24, 2.45) is 5.92 Å². The molecule has 0 bridgehead atoms. The number of hydrogen-bond donors (Lipinski definition) is 1. The van der Waals surface area contributed by atoms with Crippen LogP contribution in [0.1, 0.15) is 19.8 Å². The van der Waals surface area contributed by atoms with Gasteiger partial charge < -0.3 is 15.0 Å². The van der Waals surface area contributed by atoms with Crippen molar-refractivity contribution in [2.75, 3.05) is 19.7 Å². The Labute approximate surface area is 175 Å². The molecule has 0 aliphatic carbocycles. The molecule has 1 amide bonds. The highest BCUT2D eigenvalue weighted by Gasteiger charge is 2.19. The highest BCUT2D eigenvalue weighted by molar-refractivity contribution is 9.11. The SMILES string of the molecule is CC1CCN(C(=S)NC(=O)COc2ccc3cc(Br)ccc3c2Br)CC1. The van der Waals surface area contributed by atoms with E-state index in [0.29, 0.717) is 10.9 Å². The van der Waals surface area contributed by atoms with E-state index >= 15 is 0 Å². The second kappa shape index (κ2) is 8.67. The van der Waals surface area contributed by atoms with Gasteiger partial charge in [-0.15, -0.1) is 0 Å². The van der Waals surface area contributed by atoms with Crippen molar-refractivity contribution in [3.05, 3.63) is 39.3 Å². The Morgan fingerprint density at radius 3 is 2.73 bits per heavy atom. The molecule has 1 heterocycles. The second-order valence-electron chi connectivity index (χ2n) is 6.55. The summed E-state index contributed by atoms with van der Waals surface area (Å²) >= 11 is 12.4. The maximum Gasteiger partial charge on any atom is 0.264 e. The highest BCUT2D eigenvalue weighted by atomic mass is 79.9. The largest absolute Gasteiger partial charge is 0.483 e. The minimum atomic E-state index is -0.239. The molecule has 1 aliphatic rings. The van der Waals surface area contributed by atoms with Gasteiger partial charge in [-0.25, -0.2) is 0 Å². The van der Waals surface area contributed by atoms with E-state index in [1.807, 2.05) is 30.3 Å². The van der Waals surface area contributed by atoms with Crippen LogP contribution in [0.5, 0.6) is 5.75 Å². The van der Waals surface area contributed by atoms with E-state index in [1.54, 1.807) is 0 Å². The van der Waals surface area contributed by atoms with Gasteiger partial charge in [-0.2, -0.15) is 0 Å². The summed E-state index contributed by atoms with van der Waals surface area (Å²) in [6.07, 6.45) is 2.21. The molecule has 3 rings (SSSR count). The first kappa shape index (κ1) is 19.6. The van der Waals surface area contributed by atoms with Gasteiger partial charge in [-0.1, -0.05) is 35.0 Å². The number of carbonyl (C=O) groups is 1. The Hall–Kier alpha value is -1.18. The summed E-state index contributed by atoms with van der Waals surface area (Å²) in [5.41, 5.74) is 0. The van der Waals surface area contributed by atoms with Gasteiger partial charge in [-0.05, 0) is 75.9 Å². The van der Waals surface area contributed by atoms with Gasteiger partial charge in [0.1, 0.15) is 5.75 Å². The van der Waals surface area contributed by atoms with Gasteiger partial charge >= 0.3 is 0 Å². The number of nitrogens with zero attached hydrogens (tertiary/aromatic N) is 1. The number of carbonyl (C=O) groups excluding carboxylic acids is 1. The normalized spacial score (nSPS) is 15.1. The molecule has 7 heteroatoms. The Morgan fingerprint density at radius 1 is 1.27 bits per heavy atom. The Kier molecular flexibility index (Phi) is 6.53. The Morgan fingerprint density at radius 2 is 2.00 bits per heavy atom. The lowest BCUT2D eigenvalue weighted by atomic mass is 10.00. The molecule has 1 fully saturated rings. The predicted octanol–water partition coefficient (Wildman–Crippen LogP) is 4.88. The molecule has 1 aliphatic heterocycles. The molecular weight excluding hydrogens is 480 g/mol. The molecule has 0 atom stereocenters. The molecule has 2 aromatic rings. The first-order valence-electron chi connectivity index (χ1n) is 8.53. The fourth-order valence-electron chi connectivity index (χ4n) is 2.94. The standard InChI is InChI=1S/C19H20Br2N2O2S/c1-12-6-8-23(9-7-12)19(26)22-17(24)11-25-16-5-2-13-10-14(20)3-4-15(13)18(16)21/h2-5,10,12H,6-9,11H2,1H3,(H,22,24,26). The van der Waals surface area contributed by atoms with Crippen molar-refractivity contribution in [1.29, 1.82) is 0 Å². The summed E-state index contributed by atoms with van der Waals surface area (Å²) in [5, 5.41) is 5.38. The summed E-state index contributed by atoms with van der Waals surface area (Å²) in [5.74, 6) is 1.11. The second-order valence-corrected chi connectivity index (χ2v) is 8.65. The highest BCUT2D eigenvalue weighted by Crippen LogP contribution is 2.34. The molecule has 4 nitrogen and oxygen atoms in total. The van der Waals surface area contributed by atoms with Crippen LogP contribution in [0.3, 0.4) is 0 Å². The Balaban J connectivity index is 1.57. The van der Waals surface area contributed by atoms with E-state index in [4.69, 9.17) is 17.0 Å². The van der Waals surface area contributed by atoms with E-state index in [1.165, 1.54) is 0 Å². The van der Waals surface area contributed by atoms with E-state index in [9.17, 15) is 4.79 Å². The molecule has 0 saturated carbocycles. The number of rotatable bonds is 3. The van der Waals surface area contributed by atoms with Crippen LogP contribution in [0.25, 0.3) is 10.8 Å². The minimum Gasteiger partial charge on any atom is -0.483 e. The first-order valence-corrected chi connectivity index (χ1v) is 10.5. The van der Waals surface area contributed by atoms with Gasteiger partial charge in [0.25, 0.3) is 5.91 Å². The number of thiocarbonyl (C=S) groups is 1. The van der Waals surface area contributed by atoms with Crippen LogP contribution in [0.15, 0.2) is 39.3 Å². The zero-order valence-electron chi connectivity index (χ0n) is 14.4. The third-order valence-corrected chi connectivity index (χ3v) is 6.23. The lowest BCUT2D eigenvalue weighted by molar-refractivity contribution is -0.121. The van der Waals surface area contributed by atoms with Gasteiger partial charge in [0.2, 0.25) is 0 Å². The van der Waals surface area contributed by atoms with E-state index in [2.05, 4.69) is 49.0 Å². The third kappa shape index (κ3) is 4.75. The number of hydrogen-bond acceptors (Lipinski definition) is 3. The van der Waals surface area contributed by atoms with Crippen molar-refractivity contribution in [2.45, 2.75) is 19.8 Å². The molecule has 138 valence electrons. The monoisotopic (exact) mass is 498 g/mol. The molecular formula is C19H20Br2N2O2S.